The van der Waals surface area contributed by atoms with Crippen molar-refractivity contribution in [3.63, 3.8) is 0 Å². The Morgan fingerprint density at radius 1 is 1.50 bits per heavy atom. The maximum absolute atomic E-state index is 5.44. The second-order valence-electron chi connectivity index (χ2n) is 4.86. The van der Waals surface area contributed by atoms with Crippen LogP contribution in [0.2, 0.25) is 0 Å². The maximum atomic E-state index is 5.44. The minimum atomic E-state index is 0.659. The molecule has 1 unspecified atom stereocenters. The van der Waals surface area contributed by atoms with E-state index < -0.39 is 0 Å². The second-order valence-corrected chi connectivity index (χ2v) is 4.86. The fourth-order valence-corrected chi connectivity index (χ4v) is 2.41. The number of ether oxygens (including phenoxy) is 1. The fourth-order valence-electron chi connectivity index (χ4n) is 2.41. The van der Waals surface area contributed by atoms with Gasteiger partial charge in [-0.1, -0.05) is 6.07 Å². The Morgan fingerprint density at radius 3 is 3.11 bits per heavy atom. The monoisotopic (exact) mass is 249 g/mol. The number of nitrogens with one attached hydrogen (secondary N) is 1. The van der Waals surface area contributed by atoms with Crippen LogP contribution in [-0.2, 0) is 0 Å². The number of pyridine rings is 1. The van der Waals surface area contributed by atoms with Crippen LogP contribution in [-0.4, -0.2) is 38.3 Å². The lowest BCUT2D eigenvalue weighted by molar-refractivity contribution is 0.326. The minimum absolute atomic E-state index is 0.659. The lowest BCUT2D eigenvalue weighted by Gasteiger charge is -2.28. The van der Waals surface area contributed by atoms with Gasteiger partial charge in [-0.25, -0.2) is 0 Å². The summed E-state index contributed by atoms with van der Waals surface area (Å²) in [4.78, 5) is 6.73. The Bertz CT molecular complexity index is 364. The van der Waals surface area contributed by atoms with Crippen LogP contribution >= 0.6 is 0 Å². The molecule has 100 valence electrons. The highest BCUT2D eigenvalue weighted by molar-refractivity contribution is 5.39. The van der Waals surface area contributed by atoms with Crippen molar-refractivity contribution < 1.29 is 4.74 Å². The molecule has 2 rings (SSSR count). The van der Waals surface area contributed by atoms with Crippen LogP contribution in [0.3, 0.4) is 0 Å². The Labute approximate surface area is 109 Å². The average molecular weight is 249 g/mol. The van der Waals surface area contributed by atoms with Gasteiger partial charge in [0.15, 0.2) is 0 Å². The summed E-state index contributed by atoms with van der Waals surface area (Å²) in [6, 6.07) is 5.95. The summed E-state index contributed by atoms with van der Waals surface area (Å²) < 4.78 is 5.44. The molecule has 2 heterocycles. The third kappa shape index (κ3) is 3.60. The SMILES string of the molecule is CCOc1cccc(N(C)CC2CCCNC2)n1. The van der Waals surface area contributed by atoms with Crippen LogP contribution in [0.1, 0.15) is 19.8 Å². The van der Waals surface area contributed by atoms with Gasteiger partial charge in [-0.15, -0.1) is 0 Å². The standard InChI is InChI=1S/C14H23N3O/c1-3-18-14-8-4-7-13(16-14)17(2)11-12-6-5-9-15-10-12/h4,7-8,12,15H,3,5-6,9-11H2,1-2H3. The van der Waals surface area contributed by atoms with E-state index >= 15 is 0 Å². The zero-order valence-electron chi connectivity index (χ0n) is 11.4. The van der Waals surface area contributed by atoms with Gasteiger partial charge >= 0.3 is 0 Å². The Kier molecular flexibility index (Phi) is 4.81. The number of nitrogens with zero attached hydrogens (tertiary/aromatic N) is 2. The van der Waals surface area contributed by atoms with Crippen molar-refractivity contribution in [3.05, 3.63) is 18.2 Å². The highest BCUT2D eigenvalue weighted by Gasteiger charge is 2.15. The molecule has 1 saturated heterocycles. The molecule has 1 aliphatic rings. The summed E-state index contributed by atoms with van der Waals surface area (Å²) in [5.41, 5.74) is 0. The van der Waals surface area contributed by atoms with E-state index in [2.05, 4.69) is 22.2 Å². The predicted octanol–water partition coefficient (Wildman–Crippen LogP) is 1.92. The summed E-state index contributed by atoms with van der Waals surface area (Å²) in [5.74, 6) is 2.43. The molecule has 0 aromatic carbocycles. The smallest absolute Gasteiger partial charge is 0.215 e. The highest BCUT2D eigenvalue weighted by atomic mass is 16.5. The molecule has 1 aliphatic heterocycles. The molecule has 0 amide bonds. The number of piperidine rings is 1. The molecule has 18 heavy (non-hydrogen) atoms. The molecule has 4 nitrogen and oxygen atoms in total. The lowest BCUT2D eigenvalue weighted by Crippen LogP contribution is -2.37. The third-order valence-corrected chi connectivity index (χ3v) is 3.32. The van der Waals surface area contributed by atoms with Gasteiger partial charge in [-0.2, -0.15) is 4.98 Å². The molecule has 0 aliphatic carbocycles. The molecule has 4 heteroatoms. The van der Waals surface area contributed by atoms with Crippen molar-refractivity contribution in [3.8, 4) is 5.88 Å². The van der Waals surface area contributed by atoms with Crippen LogP contribution in [0.5, 0.6) is 5.88 Å². The van der Waals surface area contributed by atoms with Crippen LogP contribution in [0, 0.1) is 5.92 Å². The van der Waals surface area contributed by atoms with Crippen molar-refractivity contribution in [1.29, 1.82) is 0 Å². The number of anilines is 1. The van der Waals surface area contributed by atoms with Gasteiger partial charge < -0.3 is 15.0 Å². The quantitative estimate of drug-likeness (QED) is 0.865. The van der Waals surface area contributed by atoms with E-state index in [-0.39, 0.29) is 0 Å². The van der Waals surface area contributed by atoms with E-state index in [1.807, 2.05) is 25.1 Å². The van der Waals surface area contributed by atoms with Gasteiger partial charge in [0.2, 0.25) is 5.88 Å². The fraction of sp³-hybridized carbons (Fsp3) is 0.643. The van der Waals surface area contributed by atoms with Crippen molar-refractivity contribution in [2.45, 2.75) is 19.8 Å². The molecule has 1 aromatic rings. The summed E-state index contributed by atoms with van der Waals surface area (Å²) in [6.07, 6.45) is 2.59. The first-order chi connectivity index (χ1) is 8.79. The first-order valence-electron chi connectivity index (χ1n) is 6.81. The van der Waals surface area contributed by atoms with E-state index in [1.165, 1.54) is 12.8 Å². The van der Waals surface area contributed by atoms with E-state index in [0.717, 1.165) is 31.4 Å². The van der Waals surface area contributed by atoms with E-state index in [0.29, 0.717) is 12.5 Å². The third-order valence-electron chi connectivity index (χ3n) is 3.32. The number of rotatable bonds is 5. The summed E-state index contributed by atoms with van der Waals surface area (Å²) >= 11 is 0. The molecule has 0 radical (unpaired) electrons. The van der Waals surface area contributed by atoms with E-state index in [9.17, 15) is 0 Å². The topological polar surface area (TPSA) is 37.4 Å². The van der Waals surface area contributed by atoms with E-state index in [4.69, 9.17) is 4.74 Å². The van der Waals surface area contributed by atoms with Gasteiger partial charge in [-0.05, 0) is 44.8 Å². The van der Waals surface area contributed by atoms with Gasteiger partial charge in [0.25, 0.3) is 0 Å². The van der Waals surface area contributed by atoms with Crippen LogP contribution in [0.15, 0.2) is 18.2 Å². The first kappa shape index (κ1) is 13.1. The average Bonchev–Trinajstić information content (AvgIpc) is 2.40. The Hall–Kier alpha value is -1.29. The van der Waals surface area contributed by atoms with Crippen molar-refractivity contribution in [1.82, 2.24) is 10.3 Å². The van der Waals surface area contributed by atoms with Crippen molar-refractivity contribution >= 4 is 5.82 Å². The molecule has 0 saturated carbocycles. The first-order valence-corrected chi connectivity index (χ1v) is 6.81. The van der Waals surface area contributed by atoms with Crippen LogP contribution in [0.4, 0.5) is 5.82 Å². The number of hydrogen-bond donors (Lipinski definition) is 1. The molecule has 1 atom stereocenters. The Balaban J connectivity index is 1.94. The lowest BCUT2D eigenvalue weighted by atomic mass is 9.99. The minimum Gasteiger partial charge on any atom is -0.478 e. The van der Waals surface area contributed by atoms with Gasteiger partial charge in [0, 0.05) is 19.7 Å². The Morgan fingerprint density at radius 2 is 2.39 bits per heavy atom. The van der Waals surface area contributed by atoms with E-state index in [1.54, 1.807) is 0 Å². The molecule has 1 aromatic heterocycles. The second kappa shape index (κ2) is 6.59. The van der Waals surface area contributed by atoms with Crippen molar-refractivity contribution in [2.75, 3.05) is 38.2 Å². The zero-order valence-corrected chi connectivity index (χ0v) is 11.4. The predicted molar refractivity (Wildman–Crippen MR) is 74.3 cm³/mol. The molecular formula is C14H23N3O. The number of aromatic nitrogens is 1. The maximum Gasteiger partial charge on any atom is 0.215 e. The van der Waals surface area contributed by atoms with Gasteiger partial charge in [0.05, 0.1) is 6.61 Å². The normalized spacial score (nSPS) is 19.6. The summed E-state index contributed by atoms with van der Waals surface area (Å²) in [7, 11) is 2.10. The van der Waals surface area contributed by atoms with Crippen LogP contribution < -0.4 is 15.0 Å². The molecule has 0 spiro atoms. The molecule has 1 fully saturated rings. The van der Waals surface area contributed by atoms with Crippen LogP contribution in [0.25, 0.3) is 0 Å². The largest absolute Gasteiger partial charge is 0.478 e. The van der Waals surface area contributed by atoms with Crippen molar-refractivity contribution in [2.24, 2.45) is 5.92 Å². The summed E-state index contributed by atoms with van der Waals surface area (Å²) in [6.45, 7) is 5.97. The van der Waals surface area contributed by atoms with Gasteiger partial charge in [0.1, 0.15) is 5.82 Å². The zero-order chi connectivity index (χ0) is 12.8. The molecule has 0 bridgehead atoms. The highest BCUT2D eigenvalue weighted by Crippen LogP contribution is 2.18. The van der Waals surface area contributed by atoms with Gasteiger partial charge in [-0.3, -0.25) is 0 Å². The molecule has 1 N–H and O–H groups in total. The summed E-state index contributed by atoms with van der Waals surface area (Å²) in [5, 5.41) is 3.45. The number of hydrogen-bond acceptors (Lipinski definition) is 4. The molecular weight excluding hydrogens is 226 g/mol.